The fourth-order valence-corrected chi connectivity index (χ4v) is 3.36. The Morgan fingerprint density at radius 3 is 2.88 bits per heavy atom. The van der Waals surface area contributed by atoms with Gasteiger partial charge >= 0.3 is 0 Å². The molecule has 124 valence electrons. The average Bonchev–Trinajstić information content (AvgIpc) is 2.59. The fraction of sp³-hybridized carbons (Fsp3) is 0.222. The maximum Gasteiger partial charge on any atom is 0.261 e. The number of thioether (sulfide) groups is 1. The van der Waals surface area contributed by atoms with E-state index in [-0.39, 0.29) is 5.56 Å². The smallest absolute Gasteiger partial charge is 0.261 e. The first-order chi connectivity index (χ1) is 11.6. The number of aromatic nitrogens is 2. The molecule has 24 heavy (non-hydrogen) atoms. The molecule has 3 rings (SSSR count). The van der Waals surface area contributed by atoms with Gasteiger partial charge in [0.25, 0.3) is 5.56 Å². The van der Waals surface area contributed by atoms with Crippen LogP contribution < -0.4 is 10.3 Å². The van der Waals surface area contributed by atoms with Crippen LogP contribution in [0.1, 0.15) is 6.42 Å². The first-order valence-electron chi connectivity index (χ1n) is 7.62. The zero-order chi connectivity index (χ0) is 16.9. The Morgan fingerprint density at radius 2 is 2.04 bits per heavy atom. The second-order valence-electron chi connectivity index (χ2n) is 5.28. The molecule has 0 saturated carbocycles. The van der Waals surface area contributed by atoms with Crippen LogP contribution in [0.3, 0.4) is 0 Å². The van der Waals surface area contributed by atoms with Crippen LogP contribution in [0.4, 0.5) is 0 Å². The molecule has 4 nitrogen and oxygen atoms in total. The van der Waals surface area contributed by atoms with Crippen LogP contribution in [0.25, 0.3) is 10.9 Å². The molecule has 0 spiro atoms. The van der Waals surface area contributed by atoms with Gasteiger partial charge in [-0.1, -0.05) is 41.6 Å². The molecule has 0 atom stereocenters. The lowest BCUT2D eigenvalue weighted by Gasteiger charge is -2.09. The van der Waals surface area contributed by atoms with E-state index >= 15 is 0 Å². The van der Waals surface area contributed by atoms with E-state index in [9.17, 15) is 4.79 Å². The third-order valence-electron chi connectivity index (χ3n) is 3.53. The predicted octanol–water partition coefficient (Wildman–Crippen LogP) is 4.15. The summed E-state index contributed by atoms with van der Waals surface area (Å²) in [6.45, 7) is 0.592. The molecule has 2 aromatic carbocycles. The van der Waals surface area contributed by atoms with Crippen LogP contribution in [-0.4, -0.2) is 21.9 Å². The number of ether oxygens (including phenoxy) is 1. The fourth-order valence-electron chi connectivity index (χ4n) is 2.30. The number of rotatable bonds is 6. The Morgan fingerprint density at radius 1 is 1.21 bits per heavy atom. The minimum absolute atomic E-state index is 0.0155. The third kappa shape index (κ3) is 3.91. The predicted molar refractivity (Wildman–Crippen MR) is 99.3 cm³/mol. The summed E-state index contributed by atoms with van der Waals surface area (Å²) in [7, 11) is 1.76. The molecule has 0 radical (unpaired) electrons. The second-order valence-corrected chi connectivity index (χ2v) is 6.78. The Hall–Kier alpha value is -1.98. The van der Waals surface area contributed by atoms with Crippen molar-refractivity contribution < 1.29 is 4.74 Å². The topological polar surface area (TPSA) is 44.1 Å². The summed E-state index contributed by atoms with van der Waals surface area (Å²) in [6.07, 6.45) is 0.847. The quantitative estimate of drug-likeness (QED) is 0.376. The molecule has 1 heterocycles. The molecule has 6 heteroatoms. The first kappa shape index (κ1) is 16.9. The van der Waals surface area contributed by atoms with E-state index in [1.165, 1.54) is 0 Å². The average molecular weight is 361 g/mol. The third-order valence-corrected chi connectivity index (χ3v) is 4.88. The van der Waals surface area contributed by atoms with Crippen molar-refractivity contribution in [2.75, 3.05) is 12.4 Å². The highest BCUT2D eigenvalue weighted by molar-refractivity contribution is 7.99. The molecule has 0 bridgehead atoms. The van der Waals surface area contributed by atoms with Gasteiger partial charge in [-0.05, 0) is 36.8 Å². The molecule has 0 amide bonds. The Bertz CT molecular complexity index is 911. The summed E-state index contributed by atoms with van der Waals surface area (Å²) in [4.78, 5) is 16.9. The maximum absolute atomic E-state index is 12.3. The number of halogens is 1. The summed E-state index contributed by atoms with van der Waals surface area (Å²) in [5.41, 5.74) is 0.719. The highest BCUT2D eigenvalue weighted by atomic mass is 35.5. The van der Waals surface area contributed by atoms with Crippen LogP contribution in [-0.2, 0) is 7.05 Å². The maximum atomic E-state index is 12.3. The van der Waals surface area contributed by atoms with Gasteiger partial charge in [-0.15, -0.1) is 0 Å². The standard InChI is InChI=1S/C18H17ClN2O2S/c1-21-17(22)15-8-2-3-9-16(15)20-18(21)24-11-5-10-23-14-7-4-6-13(19)12-14/h2-4,6-9,12H,5,10-11H2,1H3. The van der Waals surface area contributed by atoms with E-state index < -0.39 is 0 Å². The zero-order valence-electron chi connectivity index (χ0n) is 13.2. The molecule has 0 fully saturated rings. The van der Waals surface area contributed by atoms with E-state index in [0.29, 0.717) is 17.0 Å². The Labute approximate surface area is 149 Å². The summed E-state index contributed by atoms with van der Waals surface area (Å²) in [6, 6.07) is 14.8. The van der Waals surface area contributed by atoms with Gasteiger partial charge in [-0.3, -0.25) is 9.36 Å². The number of hydrogen-bond acceptors (Lipinski definition) is 4. The molecule has 0 unspecified atom stereocenters. The van der Waals surface area contributed by atoms with Crippen molar-refractivity contribution >= 4 is 34.3 Å². The number of nitrogens with zero attached hydrogens (tertiary/aromatic N) is 2. The zero-order valence-corrected chi connectivity index (χ0v) is 14.8. The van der Waals surface area contributed by atoms with Gasteiger partial charge in [0, 0.05) is 17.8 Å². The van der Waals surface area contributed by atoms with Crippen molar-refractivity contribution in [3.63, 3.8) is 0 Å². The van der Waals surface area contributed by atoms with Crippen molar-refractivity contribution in [1.82, 2.24) is 9.55 Å². The van der Waals surface area contributed by atoms with Gasteiger partial charge in [-0.2, -0.15) is 0 Å². The summed E-state index contributed by atoms with van der Waals surface area (Å²) >= 11 is 7.48. The van der Waals surface area contributed by atoms with Gasteiger partial charge in [0.15, 0.2) is 5.16 Å². The van der Waals surface area contributed by atoms with E-state index in [1.807, 2.05) is 36.4 Å². The molecule has 0 aliphatic carbocycles. The molecular weight excluding hydrogens is 344 g/mol. The molecule has 1 aromatic heterocycles. The molecular formula is C18H17ClN2O2S. The van der Waals surface area contributed by atoms with Crippen LogP contribution >= 0.6 is 23.4 Å². The van der Waals surface area contributed by atoms with Gasteiger partial charge < -0.3 is 4.74 Å². The lowest BCUT2D eigenvalue weighted by molar-refractivity contribution is 0.318. The minimum atomic E-state index is -0.0155. The Balaban J connectivity index is 1.58. The van der Waals surface area contributed by atoms with Gasteiger partial charge in [0.2, 0.25) is 0 Å². The monoisotopic (exact) mass is 360 g/mol. The van der Waals surface area contributed by atoms with Crippen LogP contribution in [0, 0.1) is 0 Å². The highest BCUT2D eigenvalue weighted by Crippen LogP contribution is 2.19. The van der Waals surface area contributed by atoms with Crippen molar-refractivity contribution in [2.24, 2.45) is 7.05 Å². The molecule has 0 aliphatic rings. The van der Waals surface area contributed by atoms with Crippen LogP contribution in [0.5, 0.6) is 5.75 Å². The summed E-state index contributed by atoms with van der Waals surface area (Å²) in [5, 5.41) is 2.03. The highest BCUT2D eigenvalue weighted by Gasteiger charge is 2.08. The minimum Gasteiger partial charge on any atom is -0.494 e. The van der Waals surface area contributed by atoms with E-state index in [4.69, 9.17) is 16.3 Å². The van der Waals surface area contributed by atoms with Gasteiger partial charge in [-0.25, -0.2) is 4.98 Å². The number of benzene rings is 2. The number of fused-ring (bicyclic) bond motifs is 1. The lowest BCUT2D eigenvalue weighted by Crippen LogP contribution is -2.20. The van der Waals surface area contributed by atoms with Crippen LogP contribution in [0.2, 0.25) is 5.02 Å². The van der Waals surface area contributed by atoms with Crippen molar-refractivity contribution in [3.05, 3.63) is 63.9 Å². The molecule has 0 aliphatic heterocycles. The summed E-state index contributed by atoms with van der Waals surface area (Å²) in [5.74, 6) is 1.59. The van der Waals surface area contributed by atoms with E-state index in [2.05, 4.69) is 4.98 Å². The number of para-hydroxylation sites is 1. The normalized spacial score (nSPS) is 10.9. The van der Waals surface area contributed by atoms with Gasteiger partial charge in [0.05, 0.1) is 17.5 Å². The van der Waals surface area contributed by atoms with Crippen molar-refractivity contribution in [3.8, 4) is 5.75 Å². The first-order valence-corrected chi connectivity index (χ1v) is 8.98. The van der Waals surface area contributed by atoms with E-state index in [0.717, 1.165) is 28.6 Å². The van der Waals surface area contributed by atoms with E-state index in [1.54, 1.807) is 35.5 Å². The molecule has 3 aromatic rings. The number of hydrogen-bond donors (Lipinski definition) is 0. The Kier molecular flexibility index (Phi) is 5.43. The summed E-state index contributed by atoms with van der Waals surface area (Å²) < 4.78 is 7.26. The SMILES string of the molecule is Cn1c(SCCCOc2cccc(Cl)c2)nc2ccccc2c1=O. The van der Waals surface area contributed by atoms with Crippen molar-refractivity contribution in [2.45, 2.75) is 11.6 Å². The largest absolute Gasteiger partial charge is 0.494 e. The molecule has 0 saturated heterocycles. The van der Waals surface area contributed by atoms with Gasteiger partial charge in [0.1, 0.15) is 5.75 Å². The lowest BCUT2D eigenvalue weighted by atomic mass is 10.2. The molecule has 0 N–H and O–H groups in total. The second kappa shape index (κ2) is 7.73. The van der Waals surface area contributed by atoms with Crippen molar-refractivity contribution in [1.29, 1.82) is 0 Å². The van der Waals surface area contributed by atoms with Crippen LogP contribution in [0.15, 0.2) is 58.5 Å².